The molecular weight excluding hydrogens is 106 g/mol. The van der Waals surface area contributed by atoms with Gasteiger partial charge in [0.15, 0.2) is 0 Å². The molecule has 4 heavy (non-hydrogen) atoms. The largest absolute Gasteiger partial charge is 1.00 e. The van der Waals surface area contributed by atoms with E-state index in [4.69, 9.17) is 4.79 Å². The first-order chi connectivity index (χ1) is 1.00. The molecule has 0 atom stereocenters. The smallest absolute Gasteiger partial charge is 0.545 e. The summed E-state index contributed by atoms with van der Waals surface area (Å²) >= 11 is 0. The van der Waals surface area contributed by atoms with Crippen LogP contribution in [0.3, 0.4) is 0 Å². The van der Waals surface area contributed by atoms with E-state index in [-0.39, 0.29) is 103 Å². The van der Waals surface area contributed by atoms with Gasteiger partial charge in [-0.25, -0.2) is 0 Å². The van der Waals surface area contributed by atoms with Gasteiger partial charge in [0.25, 0.3) is 0 Å². The fourth-order valence-corrected chi connectivity index (χ4v) is 0. The Morgan fingerprint density at radius 1 is 1.00 bits per heavy atom. The number of carbonyl (C=O) groups excluding carboxylic acids is 1. The van der Waals surface area contributed by atoms with Crippen LogP contribution in [0.4, 0.5) is 0 Å². The summed E-state index contributed by atoms with van der Waals surface area (Å²) in [5, 5.41) is 0. The second kappa shape index (κ2) is 16.8. The average molecular weight is 107 g/mol. The summed E-state index contributed by atoms with van der Waals surface area (Å²) in [6.45, 7) is 3.25. The monoisotopic (exact) mass is 107 g/mol. The third kappa shape index (κ3) is 8.87. The van der Waals surface area contributed by atoms with E-state index in [1.54, 1.807) is 0 Å². The van der Waals surface area contributed by atoms with Gasteiger partial charge < -0.3 is 4.79 Å². The number of hydrogen-bond acceptors (Lipinski definition) is 1. The summed E-state index contributed by atoms with van der Waals surface area (Å²) in [6.07, 6.45) is 0. The molecule has 0 aromatic heterocycles. The predicted molar refractivity (Wildman–Crippen MR) is 6.75 cm³/mol. The molecule has 0 saturated heterocycles. The standard InChI is InChI=1S/CHO.2K/c1-2;;/h1H;;/q-1;2*+1. The van der Waals surface area contributed by atoms with E-state index in [2.05, 4.69) is 6.79 Å². The van der Waals surface area contributed by atoms with E-state index in [0.717, 1.165) is 0 Å². The second-order valence-corrected chi connectivity index (χ2v) is 0. The molecule has 3 heteroatoms. The molecule has 0 saturated carbocycles. The Kier molecular flexibility index (Phi) is 66.1. The summed E-state index contributed by atoms with van der Waals surface area (Å²) in [5.74, 6) is 0. The zero-order valence-electron chi connectivity index (χ0n) is 2.99. The van der Waals surface area contributed by atoms with E-state index in [9.17, 15) is 0 Å². The topological polar surface area (TPSA) is 17.1 Å². The van der Waals surface area contributed by atoms with Crippen molar-refractivity contribution in [2.24, 2.45) is 0 Å². The van der Waals surface area contributed by atoms with Gasteiger partial charge in [0.2, 0.25) is 0 Å². The van der Waals surface area contributed by atoms with Crippen molar-refractivity contribution in [2.45, 2.75) is 0 Å². The normalized spacial score (nSPS) is 1.00. The molecule has 0 heterocycles. The fraction of sp³-hybridized carbons (Fsp3) is 0. The Labute approximate surface area is 111 Å². The van der Waals surface area contributed by atoms with E-state index in [1.165, 1.54) is 0 Å². The summed E-state index contributed by atoms with van der Waals surface area (Å²) in [5.41, 5.74) is 0. The van der Waals surface area contributed by atoms with Crippen LogP contribution in [0.1, 0.15) is 0 Å². The van der Waals surface area contributed by atoms with Gasteiger partial charge >= 0.3 is 103 Å². The van der Waals surface area contributed by atoms with E-state index in [0.29, 0.717) is 0 Å². The van der Waals surface area contributed by atoms with Gasteiger partial charge in [0, 0.05) is 0 Å². The Hall–Kier alpha value is 2.94. The molecule has 0 radical (unpaired) electrons. The molecule has 0 unspecified atom stereocenters. The van der Waals surface area contributed by atoms with Crippen molar-refractivity contribution in [1.82, 2.24) is 0 Å². The van der Waals surface area contributed by atoms with Crippen LogP contribution in [0.25, 0.3) is 0 Å². The Morgan fingerprint density at radius 3 is 1.00 bits per heavy atom. The summed E-state index contributed by atoms with van der Waals surface area (Å²) in [7, 11) is 0. The van der Waals surface area contributed by atoms with Crippen molar-refractivity contribution in [2.75, 3.05) is 0 Å². The fourth-order valence-electron chi connectivity index (χ4n) is 0. The average Bonchev–Trinajstić information content (AvgIpc) is 1.00. The third-order valence-corrected chi connectivity index (χ3v) is 0. The first kappa shape index (κ1) is 15.8. The van der Waals surface area contributed by atoms with Crippen molar-refractivity contribution in [3.05, 3.63) is 0 Å². The van der Waals surface area contributed by atoms with E-state index >= 15 is 0 Å². The molecule has 0 aromatic rings. The summed E-state index contributed by atoms with van der Waals surface area (Å²) in [4.78, 5) is 7.75. The number of rotatable bonds is 0. The second-order valence-electron chi connectivity index (χ2n) is 0. The van der Waals surface area contributed by atoms with Gasteiger partial charge in [-0.3, -0.25) is 6.79 Å². The van der Waals surface area contributed by atoms with Crippen LogP contribution in [-0.2, 0) is 4.79 Å². The van der Waals surface area contributed by atoms with Crippen molar-refractivity contribution >= 4 is 6.79 Å². The molecule has 12 valence electrons. The Morgan fingerprint density at radius 2 is 1.00 bits per heavy atom. The van der Waals surface area contributed by atoms with Crippen LogP contribution in [0.2, 0.25) is 0 Å². The number of hydrogen-bond donors (Lipinski definition) is 0. The van der Waals surface area contributed by atoms with Gasteiger partial charge in [-0.15, -0.1) is 0 Å². The minimum atomic E-state index is 0. The molecular formula is CHK2O+. The van der Waals surface area contributed by atoms with Gasteiger partial charge in [-0.1, -0.05) is 0 Å². The van der Waals surface area contributed by atoms with Gasteiger partial charge in [-0.2, -0.15) is 0 Å². The maximum absolute atomic E-state index is 7.75. The van der Waals surface area contributed by atoms with Crippen molar-refractivity contribution in [1.29, 1.82) is 0 Å². The molecule has 0 N–H and O–H groups in total. The van der Waals surface area contributed by atoms with Crippen LogP contribution < -0.4 is 103 Å². The zero-order valence-corrected chi connectivity index (χ0v) is 9.23. The van der Waals surface area contributed by atoms with Crippen molar-refractivity contribution in [3.63, 3.8) is 0 Å². The van der Waals surface area contributed by atoms with Gasteiger partial charge in [0.1, 0.15) is 0 Å². The Balaban J connectivity index is -0.00000000500. The van der Waals surface area contributed by atoms with E-state index in [1.807, 2.05) is 0 Å². The van der Waals surface area contributed by atoms with Crippen LogP contribution in [-0.4, -0.2) is 6.79 Å². The van der Waals surface area contributed by atoms with Crippen LogP contribution in [0.15, 0.2) is 0 Å². The molecule has 0 aliphatic carbocycles. The molecule has 0 fully saturated rings. The minimum absolute atomic E-state index is 0. The summed E-state index contributed by atoms with van der Waals surface area (Å²) < 4.78 is 0. The summed E-state index contributed by atoms with van der Waals surface area (Å²) in [6, 6.07) is 0. The minimum Gasteiger partial charge on any atom is -0.545 e. The third-order valence-electron chi connectivity index (χ3n) is 0. The van der Waals surface area contributed by atoms with Crippen LogP contribution >= 0.6 is 0 Å². The first-order valence-electron chi connectivity index (χ1n) is 0.236. The maximum Gasteiger partial charge on any atom is 1.00 e. The first-order valence-corrected chi connectivity index (χ1v) is 0.236. The zero-order chi connectivity index (χ0) is 2.00. The Bertz CT molecular complexity index is 6.00. The molecule has 1 nitrogen and oxygen atoms in total. The SMILES string of the molecule is [CH-]=O.[K+].[K+]. The van der Waals surface area contributed by atoms with Crippen LogP contribution in [0.5, 0.6) is 0 Å². The van der Waals surface area contributed by atoms with Crippen molar-refractivity contribution in [3.8, 4) is 0 Å². The van der Waals surface area contributed by atoms with Crippen molar-refractivity contribution < 1.29 is 108 Å². The molecule has 0 aliphatic rings. The van der Waals surface area contributed by atoms with E-state index < -0.39 is 0 Å². The quantitative estimate of drug-likeness (QED) is 0.171. The molecule has 0 bridgehead atoms. The van der Waals surface area contributed by atoms with Gasteiger partial charge in [0.05, 0.1) is 0 Å². The molecule has 0 aromatic carbocycles. The molecule has 0 spiro atoms. The molecule has 0 amide bonds. The maximum atomic E-state index is 7.75. The van der Waals surface area contributed by atoms with Gasteiger partial charge in [-0.05, 0) is 0 Å². The molecule has 0 aliphatic heterocycles. The predicted octanol–water partition coefficient (Wildman–Crippen LogP) is -6.27. The van der Waals surface area contributed by atoms with Crippen LogP contribution in [0, 0.1) is 0 Å². The molecule has 0 rings (SSSR count).